The maximum Gasteiger partial charge on any atom is 0.379 e. The number of rotatable bonds is 6. The molecule has 1 atom stereocenters. The van der Waals surface area contributed by atoms with E-state index in [2.05, 4.69) is 0 Å². The molecule has 0 rings (SSSR count). The molecule has 0 aromatic heterocycles. The summed E-state index contributed by atoms with van der Waals surface area (Å²) < 4.78 is 9.99. The van der Waals surface area contributed by atoms with E-state index in [1.54, 1.807) is 0 Å². The lowest BCUT2D eigenvalue weighted by Gasteiger charge is -2.33. The van der Waals surface area contributed by atoms with Crippen LogP contribution in [0.4, 0.5) is 0 Å². The maximum absolute atomic E-state index is 10.8. The van der Waals surface area contributed by atoms with Crippen molar-refractivity contribution in [2.45, 2.75) is 0 Å². The standard InChI is InChI=1S/C5H14N2O7P2/c1-7(2-5(8)9,3-15(6,10)11)4-16(12,13)14/h2-4H2,1H3,(H5-,6,8,9,10,11,12,13,14)/p+1. The largest absolute Gasteiger partial charge is 0.477 e. The van der Waals surface area contributed by atoms with Gasteiger partial charge in [-0.1, -0.05) is 0 Å². The predicted octanol–water partition coefficient (Wildman–Crippen LogP) is -0.795. The molecule has 0 bridgehead atoms. The fourth-order valence-corrected chi connectivity index (χ4v) is 3.79. The maximum atomic E-state index is 10.8. The molecule has 16 heavy (non-hydrogen) atoms. The summed E-state index contributed by atoms with van der Waals surface area (Å²) in [4.78, 5) is 45.9. The molecule has 0 amide bonds. The predicted molar refractivity (Wildman–Crippen MR) is 54.5 cm³/mol. The van der Waals surface area contributed by atoms with Crippen LogP contribution in [0.15, 0.2) is 0 Å². The zero-order valence-electron chi connectivity index (χ0n) is 8.52. The van der Waals surface area contributed by atoms with E-state index in [0.29, 0.717) is 0 Å². The first-order valence-electron chi connectivity index (χ1n) is 4.02. The molecule has 0 aromatic carbocycles. The van der Waals surface area contributed by atoms with Crippen molar-refractivity contribution in [3.63, 3.8) is 0 Å². The summed E-state index contributed by atoms with van der Waals surface area (Å²) in [5, 5.41) is 15.5. The van der Waals surface area contributed by atoms with Gasteiger partial charge in [0, 0.05) is 0 Å². The molecular formula is C5H15N2O7P2+. The second kappa shape index (κ2) is 4.93. The van der Waals surface area contributed by atoms with Crippen molar-refractivity contribution in [2.75, 3.05) is 26.2 Å². The quantitative estimate of drug-likeness (QED) is 0.274. The smallest absolute Gasteiger partial charge is 0.379 e. The Morgan fingerprint density at radius 3 is 1.94 bits per heavy atom. The zero-order valence-corrected chi connectivity index (χ0v) is 10.3. The first-order valence-corrected chi connectivity index (χ1v) is 7.69. The Bertz CT molecular complexity index is 334. The minimum atomic E-state index is -4.51. The molecule has 96 valence electrons. The average Bonchev–Trinajstić information content (AvgIpc) is 1.69. The first-order chi connectivity index (χ1) is 6.83. The van der Waals surface area contributed by atoms with Crippen molar-refractivity contribution in [3.8, 4) is 0 Å². The van der Waals surface area contributed by atoms with E-state index < -0.39 is 44.7 Å². The van der Waals surface area contributed by atoms with Gasteiger partial charge in [0.05, 0.1) is 7.05 Å². The van der Waals surface area contributed by atoms with Crippen LogP contribution in [0.2, 0.25) is 0 Å². The highest BCUT2D eigenvalue weighted by Gasteiger charge is 2.37. The van der Waals surface area contributed by atoms with Gasteiger partial charge in [-0.2, -0.15) is 0 Å². The van der Waals surface area contributed by atoms with Crippen LogP contribution in [0, 0.1) is 5.16 Å². The molecule has 0 saturated heterocycles. The Balaban J connectivity index is 4.96. The molecule has 0 saturated carbocycles. The van der Waals surface area contributed by atoms with E-state index in [9.17, 15) is 9.36 Å². The van der Waals surface area contributed by atoms with Gasteiger partial charge in [-0.05, 0) is 0 Å². The molecule has 0 radical (unpaired) electrons. The summed E-state index contributed by atoms with van der Waals surface area (Å²) in [5.41, 5.74) is 0. The summed E-state index contributed by atoms with van der Waals surface area (Å²) in [6, 6.07) is 0. The van der Waals surface area contributed by atoms with Crippen LogP contribution in [-0.4, -0.2) is 61.3 Å². The van der Waals surface area contributed by atoms with Crippen molar-refractivity contribution in [3.05, 3.63) is 0 Å². The number of nitrogens with zero attached hydrogens (tertiary/aromatic N) is 1. The molecule has 0 aliphatic heterocycles. The Hall–Kier alpha value is -0.270. The van der Waals surface area contributed by atoms with Crippen molar-refractivity contribution in [1.82, 2.24) is 0 Å². The summed E-state index contributed by atoms with van der Waals surface area (Å²) in [5.74, 6) is -1.34. The third-order valence-electron chi connectivity index (χ3n) is 1.58. The van der Waals surface area contributed by atoms with Crippen molar-refractivity contribution >= 4 is 21.1 Å². The highest BCUT2D eigenvalue weighted by Crippen LogP contribution is 2.44. The third-order valence-corrected chi connectivity index (χ3v) is 3.71. The topological polar surface area (TPSA) is 159 Å². The number of quaternary nitrogens is 1. The van der Waals surface area contributed by atoms with Crippen LogP contribution >= 0.6 is 15.1 Å². The molecule has 0 aliphatic carbocycles. The number of carboxylic acids is 1. The number of hydrogen-bond acceptors (Lipinski definition) is 3. The van der Waals surface area contributed by atoms with E-state index in [4.69, 9.17) is 29.8 Å². The Labute approximate surface area is 91.7 Å². The third kappa shape index (κ3) is 7.95. The van der Waals surface area contributed by atoms with Gasteiger partial charge in [-0.25, -0.2) is 4.79 Å². The van der Waals surface area contributed by atoms with Crippen LogP contribution in [0.1, 0.15) is 0 Å². The average molecular weight is 277 g/mol. The molecule has 6 N–H and O–H groups in total. The Morgan fingerprint density at radius 1 is 1.25 bits per heavy atom. The van der Waals surface area contributed by atoms with Gasteiger partial charge in [0.25, 0.3) is 7.51 Å². The monoisotopic (exact) mass is 277 g/mol. The van der Waals surface area contributed by atoms with Crippen LogP contribution in [0.5, 0.6) is 0 Å². The highest BCUT2D eigenvalue weighted by molar-refractivity contribution is 7.53. The number of hydrogen-bond donors (Lipinski definition) is 6. The second-order valence-electron chi connectivity index (χ2n) is 3.85. The number of nitrogens with one attached hydrogen (secondary N) is 1. The van der Waals surface area contributed by atoms with Crippen LogP contribution in [0.3, 0.4) is 0 Å². The van der Waals surface area contributed by atoms with Gasteiger partial charge in [-0.3, -0.25) is 14.2 Å². The minimum absolute atomic E-state index is 0.702. The lowest BCUT2D eigenvalue weighted by atomic mass is 10.5. The van der Waals surface area contributed by atoms with E-state index in [1.807, 2.05) is 0 Å². The molecule has 11 heteroatoms. The number of carboxylic acid groups (broad SMARTS) is 1. The summed E-state index contributed by atoms with van der Waals surface area (Å²) in [6.07, 6.45) is -1.58. The van der Waals surface area contributed by atoms with Crippen molar-refractivity contribution < 1.29 is 38.5 Å². The van der Waals surface area contributed by atoms with Gasteiger partial charge in [0.2, 0.25) is 0 Å². The van der Waals surface area contributed by atoms with Crippen LogP contribution < -0.4 is 0 Å². The van der Waals surface area contributed by atoms with Gasteiger partial charge in [0.15, 0.2) is 19.1 Å². The molecule has 0 heterocycles. The summed E-state index contributed by atoms with van der Waals surface area (Å²) in [7, 11) is -7.43. The Morgan fingerprint density at radius 2 is 1.69 bits per heavy atom. The molecule has 9 nitrogen and oxygen atoms in total. The van der Waals surface area contributed by atoms with Crippen LogP contribution in [-0.2, 0) is 9.36 Å². The lowest BCUT2D eigenvalue weighted by Crippen LogP contribution is -2.48. The lowest BCUT2D eigenvalue weighted by molar-refractivity contribution is -0.881. The van der Waals surface area contributed by atoms with E-state index >= 15 is 0 Å². The van der Waals surface area contributed by atoms with Crippen LogP contribution in [0.25, 0.3) is 0 Å². The highest BCUT2D eigenvalue weighted by atomic mass is 31.2. The molecular weight excluding hydrogens is 262 g/mol. The fourth-order valence-electron chi connectivity index (χ4n) is 1.39. The molecule has 1 unspecified atom stereocenters. The van der Waals surface area contributed by atoms with Crippen molar-refractivity contribution in [1.29, 1.82) is 5.16 Å². The summed E-state index contributed by atoms with van der Waals surface area (Å²) >= 11 is 0. The van der Waals surface area contributed by atoms with E-state index in [-0.39, 0.29) is 0 Å². The van der Waals surface area contributed by atoms with E-state index in [0.717, 1.165) is 7.05 Å². The SMILES string of the molecule is C[N+](CC(=O)O)(CP(=N)(O)O)CP(=O)(O)O. The fraction of sp³-hybridized carbons (Fsp3) is 0.800. The minimum Gasteiger partial charge on any atom is -0.477 e. The summed E-state index contributed by atoms with van der Waals surface area (Å²) in [6.45, 7) is -0.702. The number of likely N-dealkylation sites (N-methyl/N-ethyl adjacent to an activating group) is 1. The van der Waals surface area contributed by atoms with E-state index in [1.165, 1.54) is 0 Å². The van der Waals surface area contributed by atoms with Gasteiger partial charge < -0.3 is 24.7 Å². The van der Waals surface area contributed by atoms with Gasteiger partial charge >= 0.3 is 13.6 Å². The molecule has 0 aliphatic rings. The first kappa shape index (κ1) is 15.7. The second-order valence-corrected chi connectivity index (χ2v) is 7.21. The van der Waals surface area contributed by atoms with Gasteiger partial charge in [-0.15, -0.1) is 0 Å². The number of carbonyl (C=O) groups is 1. The molecule has 0 spiro atoms. The Kier molecular flexibility index (Phi) is 4.85. The zero-order chi connectivity index (χ0) is 13.2. The molecule has 0 fully saturated rings. The normalized spacial score (nSPS) is 16.8. The van der Waals surface area contributed by atoms with Gasteiger partial charge in [0.1, 0.15) is 0 Å². The number of aliphatic carboxylic acids is 1. The molecule has 0 aromatic rings. The van der Waals surface area contributed by atoms with Crippen molar-refractivity contribution in [2.24, 2.45) is 0 Å².